The molecule has 0 radical (unpaired) electrons. The number of aromatic nitrogens is 2. The number of benzene rings is 2. The van der Waals surface area contributed by atoms with Gasteiger partial charge >= 0.3 is 12.3 Å². The fourth-order valence-corrected chi connectivity index (χ4v) is 4.33. The van der Waals surface area contributed by atoms with Crippen molar-refractivity contribution in [3.8, 4) is 22.8 Å². The van der Waals surface area contributed by atoms with Gasteiger partial charge in [0, 0.05) is 43.6 Å². The van der Waals surface area contributed by atoms with Crippen LogP contribution in [0, 0.1) is 5.92 Å². The third kappa shape index (κ3) is 6.39. The molecule has 4 rings (SSSR count). The minimum absolute atomic E-state index is 0.119. The van der Waals surface area contributed by atoms with Crippen molar-refractivity contribution in [1.29, 1.82) is 0 Å². The molecule has 10 nitrogen and oxygen atoms in total. The van der Waals surface area contributed by atoms with E-state index in [2.05, 4.69) is 41.0 Å². The van der Waals surface area contributed by atoms with Crippen LogP contribution in [0.3, 0.4) is 0 Å². The molecule has 2 N–H and O–H groups in total. The molecule has 3 aromatic rings. The zero-order chi connectivity index (χ0) is 25.7. The molecule has 10 heteroatoms. The number of hydrogen-bond donors (Lipinski definition) is 2. The van der Waals surface area contributed by atoms with E-state index in [0.717, 1.165) is 23.1 Å². The van der Waals surface area contributed by atoms with Crippen LogP contribution in [0.2, 0.25) is 0 Å². The van der Waals surface area contributed by atoms with E-state index in [4.69, 9.17) is 24.2 Å². The molecule has 1 aromatic heterocycles. The molecule has 0 unspecified atom stereocenters. The fourth-order valence-electron chi connectivity index (χ4n) is 4.33. The second kappa shape index (κ2) is 10.8. The summed E-state index contributed by atoms with van der Waals surface area (Å²) in [5.74, 6) is -0.103. The zero-order valence-corrected chi connectivity index (χ0v) is 20.2. The number of carbonyl (C=O) groups is 2. The summed E-state index contributed by atoms with van der Waals surface area (Å²) in [4.78, 5) is 28.6. The van der Waals surface area contributed by atoms with Gasteiger partial charge in [-0.2, -0.15) is 4.98 Å². The van der Waals surface area contributed by atoms with Gasteiger partial charge in [-0.1, -0.05) is 55.4 Å². The summed E-state index contributed by atoms with van der Waals surface area (Å²) in [6, 6.07) is 15.9. The van der Waals surface area contributed by atoms with E-state index in [1.54, 1.807) is 0 Å². The summed E-state index contributed by atoms with van der Waals surface area (Å²) >= 11 is 0. The van der Waals surface area contributed by atoms with Crippen LogP contribution >= 0.6 is 0 Å². The normalized spacial score (nSPS) is 15.5. The van der Waals surface area contributed by atoms with Gasteiger partial charge in [0.15, 0.2) is 0 Å². The largest absolute Gasteiger partial charge is 0.509 e. The lowest BCUT2D eigenvalue weighted by Gasteiger charge is -2.38. The summed E-state index contributed by atoms with van der Waals surface area (Å²) in [7, 11) is 0. The predicted molar refractivity (Wildman–Crippen MR) is 129 cm³/mol. The molecule has 36 heavy (non-hydrogen) atoms. The molecule has 0 atom stereocenters. The lowest BCUT2D eigenvalue weighted by Crippen LogP contribution is -2.49. The lowest BCUT2D eigenvalue weighted by molar-refractivity contribution is -0.205. The quantitative estimate of drug-likeness (QED) is 0.314. The highest BCUT2D eigenvalue weighted by atomic mass is 16.8. The standard InChI is InChI=1S/C26H29N3O7/c1-17(2)15-18-3-9-21(10-4-18)23-27-22(28-36-23)20-7-5-19(6-8-20)16-29-13-11-26(12-14-29,34-24(30)31)35-25(32)33/h3-10,17H,11-16H2,1-2H3,(H,30,31)(H,32,33). The Hall–Kier alpha value is -3.92. The number of likely N-dealkylation sites (tertiary alicyclic amines) is 1. The van der Waals surface area contributed by atoms with Crippen molar-refractivity contribution < 1.29 is 33.8 Å². The zero-order valence-electron chi connectivity index (χ0n) is 20.2. The van der Waals surface area contributed by atoms with Crippen molar-refractivity contribution in [2.75, 3.05) is 13.1 Å². The first-order valence-electron chi connectivity index (χ1n) is 11.8. The molecule has 0 saturated carbocycles. The molecule has 0 bridgehead atoms. The highest BCUT2D eigenvalue weighted by Crippen LogP contribution is 2.30. The van der Waals surface area contributed by atoms with Crippen LogP contribution in [0.25, 0.3) is 22.8 Å². The van der Waals surface area contributed by atoms with Crippen LogP contribution in [0.5, 0.6) is 0 Å². The van der Waals surface area contributed by atoms with Crippen LogP contribution in [0.1, 0.15) is 37.8 Å². The minimum atomic E-state index is -1.66. The fraction of sp³-hybridized carbons (Fsp3) is 0.385. The van der Waals surface area contributed by atoms with Crippen molar-refractivity contribution in [3.05, 3.63) is 59.7 Å². The number of rotatable bonds is 8. The first kappa shape index (κ1) is 25.2. The van der Waals surface area contributed by atoms with Gasteiger partial charge in [-0.25, -0.2) is 9.59 Å². The van der Waals surface area contributed by atoms with Crippen LogP contribution in [-0.2, 0) is 22.4 Å². The van der Waals surface area contributed by atoms with E-state index in [1.807, 2.05) is 36.4 Å². The highest BCUT2D eigenvalue weighted by molar-refractivity contribution is 5.61. The smallest absolute Gasteiger partial charge is 0.450 e. The Morgan fingerprint density at radius 2 is 1.50 bits per heavy atom. The van der Waals surface area contributed by atoms with Crippen LogP contribution < -0.4 is 0 Å². The molecule has 1 fully saturated rings. The van der Waals surface area contributed by atoms with Gasteiger partial charge in [-0.3, -0.25) is 4.90 Å². The minimum Gasteiger partial charge on any atom is -0.450 e. The van der Waals surface area contributed by atoms with Gasteiger partial charge in [0.25, 0.3) is 11.7 Å². The maximum absolute atomic E-state index is 11.0. The predicted octanol–water partition coefficient (Wildman–Crippen LogP) is 5.28. The maximum atomic E-state index is 11.0. The van der Waals surface area contributed by atoms with E-state index in [1.165, 1.54) is 5.56 Å². The maximum Gasteiger partial charge on any atom is 0.509 e. The molecular formula is C26H29N3O7. The van der Waals surface area contributed by atoms with Gasteiger partial charge in [-0.15, -0.1) is 0 Å². The van der Waals surface area contributed by atoms with E-state index in [-0.39, 0.29) is 12.8 Å². The number of ether oxygens (including phenoxy) is 2. The summed E-state index contributed by atoms with van der Waals surface area (Å²) in [5, 5.41) is 22.0. The number of hydrogen-bond acceptors (Lipinski definition) is 8. The van der Waals surface area contributed by atoms with Crippen LogP contribution in [0.15, 0.2) is 53.1 Å². The van der Waals surface area contributed by atoms with Crippen molar-refractivity contribution >= 4 is 12.3 Å². The molecule has 0 aliphatic carbocycles. The molecular weight excluding hydrogens is 466 g/mol. The summed E-state index contributed by atoms with van der Waals surface area (Å²) in [6.07, 6.45) is -1.87. The SMILES string of the molecule is CC(C)Cc1ccc(-c2nc(-c3ccc(CN4CCC(OC(=O)O)(OC(=O)O)CC4)cc3)no2)cc1. The summed E-state index contributed by atoms with van der Waals surface area (Å²) < 4.78 is 15.0. The Labute approximate surface area is 208 Å². The molecule has 1 aliphatic heterocycles. The van der Waals surface area contributed by atoms with Crippen molar-refractivity contribution in [2.24, 2.45) is 5.92 Å². The average Bonchev–Trinajstić information content (AvgIpc) is 3.31. The summed E-state index contributed by atoms with van der Waals surface area (Å²) in [5.41, 5.74) is 4.01. The third-order valence-corrected chi connectivity index (χ3v) is 6.05. The van der Waals surface area contributed by atoms with E-state index < -0.39 is 18.1 Å². The second-order valence-corrected chi connectivity index (χ2v) is 9.34. The van der Waals surface area contributed by atoms with E-state index >= 15 is 0 Å². The first-order valence-corrected chi connectivity index (χ1v) is 11.8. The molecule has 190 valence electrons. The lowest BCUT2D eigenvalue weighted by atomic mass is 10.0. The average molecular weight is 496 g/mol. The molecule has 2 heterocycles. The Balaban J connectivity index is 1.36. The molecule has 1 aliphatic rings. The van der Waals surface area contributed by atoms with Crippen molar-refractivity contribution in [1.82, 2.24) is 15.0 Å². The van der Waals surface area contributed by atoms with Crippen LogP contribution in [-0.4, -0.2) is 56.4 Å². The van der Waals surface area contributed by atoms with Gasteiger partial charge in [0.2, 0.25) is 5.82 Å². The Bertz CT molecular complexity index is 1160. The Kier molecular flexibility index (Phi) is 7.54. The van der Waals surface area contributed by atoms with Crippen LogP contribution in [0.4, 0.5) is 9.59 Å². The highest BCUT2D eigenvalue weighted by Gasteiger charge is 2.42. The van der Waals surface area contributed by atoms with Gasteiger partial charge in [0.05, 0.1) is 0 Å². The van der Waals surface area contributed by atoms with Crippen molar-refractivity contribution in [2.45, 2.75) is 45.4 Å². The number of piperidine rings is 1. The second-order valence-electron chi connectivity index (χ2n) is 9.34. The molecule has 2 aromatic carbocycles. The monoisotopic (exact) mass is 495 g/mol. The molecule has 0 spiro atoms. The van der Waals surface area contributed by atoms with Gasteiger partial charge in [-0.05, 0) is 35.6 Å². The first-order chi connectivity index (χ1) is 17.2. The number of nitrogens with zero attached hydrogens (tertiary/aromatic N) is 3. The van der Waals surface area contributed by atoms with Gasteiger partial charge in [0.1, 0.15) is 0 Å². The van der Waals surface area contributed by atoms with Gasteiger partial charge < -0.3 is 24.2 Å². The Morgan fingerprint density at radius 3 is 2.06 bits per heavy atom. The van der Waals surface area contributed by atoms with E-state index in [0.29, 0.717) is 37.3 Å². The number of carboxylic acid groups (broad SMARTS) is 2. The molecule has 1 saturated heterocycles. The Morgan fingerprint density at radius 1 is 0.944 bits per heavy atom. The van der Waals surface area contributed by atoms with E-state index in [9.17, 15) is 9.59 Å². The molecule has 0 amide bonds. The topological polar surface area (TPSA) is 135 Å². The summed E-state index contributed by atoms with van der Waals surface area (Å²) in [6.45, 7) is 5.83. The third-order valence-electron chi connectivity index (χ3n) is 6.05. The van der Waals surface area contributed by atoms with Crippen molar-refractivity contribution in [3.63, 3.8) is 0 Å².